The molecule has 3 aromatic rings. The lowest BCUT2D eigenvalue weighted by Crippen LogP contribution is -2.29. The fourth-order valence-corrected chi connectivity index (χ4v) is 4.30. The summed E-state index contributed by atoms with van der Waals surface area (Å²) in [6.45, 7) is 2.97. The molecule has 5 rings (SSSR count). The molecule has 9 nitrogen and oxygen atoms in total. The number of hydrogen-bond acceptors (Lipinski definition) is 8. The van der Waals surface area contributed by atoms with Crippen LogP contribution in [0.4, 0.5) is 5.69 Å². The van der Waals surface area contributed by atoms with Gasteiger partial charge in [0.15, 0.2) is 11.5 Å². The van der Waals surface area contributed by atoms with Gasteiger partial charge in [0.2, 0.25) is 0 Å². The van der Waals surface area contributed by atoms with Crippen molar-refractivity contribution in [2.75, 3.05) is 24.7 Å². The van der Waals surface area contributed by atoms with Crippen molar-refractivity contribution in [2.45, 2.75) is 19.4 Å². The average molecular weight is 501 g/mol. The Kier molecular flexibility index (Phi) is 6.59. The van der Waals surface area contributed by atoms with Crippen LogP contribution in [0.2, 0.25) is 0 Å². The highest BCUT2D eigenvalue weighted by molar-refractivity contribution is 6.51. The maximum atomic E-state index is 13.3. The molecule has 2 aliphatic heterocycles. The van der Waals surface area contributed by atoms with Gasteiger partial charge in [-0.3, -0.25) is 19.5 Å². The second kappa shape index (κ2) is 10.1. The summed E-state index contributed by atoms with van der Waals surface area (Å²) < 4.78 is 16.3. The lowest BCUT2D eigenvalue weighted by atomic mass is 9.98. The van der Waals surface area contributed by atoms with Gasteiger partial charge in [0, 0.05) is 17.4 Å². The summed E-state index contributed by atoms with van der Waals surface area (Å²) in [6.07, 6.45) is 2.24. The third kappa shape index (κ3) is 4.51. The maximum Gasteiger partial charge on any atom is 0.338 e. The molecule has 1 fully saturated rings. The average Bonchev–Trinajstić information content (AvgIpc) is 3.21. The van der Waals surface area contributed by atoms with E-state index in [0.717, 1.165) is 0 Å². The lowest BCUT2D eigenvalue weighted by molar-refractivity contribution is -0.132. The minimum Gasteiger partial charge on any atom is -0.507 e. The molecule has 2 aliphatic rings. The van der Waals surface area contributed by atoms with E-state index >= 15 is 0 Å². The summed E-state index contributed by atoms with van der Waals surface area (Å²) in [5.74, 6) is -1.54. The van der Waals surface area contributed by atoms with Gasteiger partial charge in [0.05, 0.1) is 23.4 Å². The van der Waals surface area contributed by atoms with Gasteiger partial charge < -0.3 is 19.3 Å². The van der Waals surface area contributed by atoms with E-state index in [1.54, 1.807) is 54.7 Å². The first-order valence-corrected chi connectivity index (χ1v) is 11.9. The Morgan fingerprint density at radius 2 is 1.76 bits per heavy atom. The number of carbonyl (C=O) groups excluding carboxylic acids is 3. The molecule has 37 heavy (non-hydrogen) atoms. The fourth-order valence-electron chi connectivity index (χ4n) is 4.30. The van der Waals surface area contributed by atoms with Crippen molar-refractivity contribution >= 4 is 29.1 Å². The molecule has 0 spiro atoms. The number of Topliss-reactive ketones (excluding diaryl/α,β-unsaturated/α-hetero) is 1. The van der Waals surface area contributed by atoms with Crippen LogP contribution in [0.5, 0.6) is 11.5 Å². The van der Waals surface area contributed by atoms with Crippen LogP contribution < -0.4 is 14.4 Å². The van der Waals surface area contributed by atoms with Gasteiger partial charge in [-0.2, -0.15) is 0 Å². The van der Waals surface area contributed by atoms with E-state index in [2.05, 4.69) is 4.98 Å². The second-order valence-corrected chi connectivity index (χ2v) is 8.46. The van der Waals surface area contributed by atoms with E-state index in [9.17, 15) is 19.5 Å². The molecule has 1 N–H and O–H groups in total. The number of ether oxygens (including phenoxy) is 3. The number of esters is 1. The first-order valence-electron chi connectivity index (χ1n) is 11.9. The highest BCUT2D eigenvalue weighted by Gasteiger charge is 2.47. The molecule has 1 aromatic heterocycles. The van der Waals surface area contributed by atoms with E-state index in [-0.39, 0.29) is 11.3 Å². The van der Waals surface area contributed by atoms with Gasteiger partial charge >= 0.3 is 5.97 Å². The first-order chi connectivity index (χ1) is 18.0. The summed E-state index contributed by atoms with van der Waals surface area (Å²) in [7, 11) is 0. The van der Waals surface area contributed by atoms with Crippen molar-refractivity contribution in [1.29, 1.82) is 0 Å². The van der Waals surface area contributed by atoms with Crippen molar-refractivity contribution < 1.29 is 33.7 Å². The predicted molar refractivity (Wildman–Crippen MR) is 133 cm³/mol. The molecular formula is C28H24N2O7. The third-order valence-corrected chi connectivity index (χ3v) is 6.05. The number of anilines is 1. The van der Waals surface area contributed by atoms with E-state index in [1.807, 2.05) is 6.92 Å². The Morgan fingerprint density at radius 1 is 1.03 bits per heavy atom. The fraction of sp³-hybridized carbons (Fsp3) is 0.214. The van der Waals surface area contributed by atoms with Gasteiger partial charge in [0.25, 0.3) is 11.7 Å². The van der Waals surface area contributed by atoms with Crippen molar-refractivity contribution in [3.8, 4) is 11.5 Å². The smallest absolute Gasteiger partial charge is 0.338 e. The predicted octanol–water partition coefficient (Wildman–Crippen LogP) is 4.05. The molecule has 0 aliphatic carbocycles. The molecule has 188 valence electrons. The molecule has 1 unspecified atom stereocenters. The topological polar surface area (TPSA) is 115 Å². The van der Waals surface area contributed by atoms with Crippen LogP contribution in [-0.4, -0.2) is 47.6 Å². The van der Waals surface area contributed by atoms with Crippen molar-refractivity contribution in [2.24, 2.45) is 0 Å². The third-order valence-electron chi connectivity index (χ3n) is 6.05. The molecule has 2 aromatic carbocycles. The van der Waals surface area contributed by atoms with E-state index < -0.39 is 23.7 Å². The van der Waals surface area contributed by atoms with Crippen molar-refractivity contribution in [3.63, 3.8) is 0 Å². The summed E-state index contributed by atoms with van der Waals surface area (Å²) in [4.78, 5) is 44.5. The zero-order valence-electron chi connectivity index (χ0n) is 20.0. The molecule has 9 heteroatoms. The lowest BCUT2D eigenvalue weighted by Gasteiger charge is -2.25. The van der Waals surface area contributed by atoms with Crippen LogP contribution in [0, 0.1) is 0 Å². The van der Waals surface area contributed by atoms with Gasteiger partial charge in [-0.25, -0.2) is 4.79 Å². The summed E-state index contributed by atoms with van der Waals surface area (Å²) in [5, 5.41) is 11.3. The van der Waals surface area contributed by atoms with Gasteiger partial charge in [-0.15, -0.1) is 0 Å². The number of nitrogens with zero attached hydrogens (tertiary/aromatic N) is 2. The first kappa shape index (κ1) is 24.1. The molecule has 1 atom stereocenters. The number of hydrogen-bond donors (Lipinski definition) is 1. The standard InChI is InChI=1S/C28H24N2O7/c1-2-13-37-28(34)17-6-9-19(10-7-17)30-24(20-5-3-4-12-29-20)23(26(32)27(30)33)25(31)18-8-11-21-22(16-18)36-15-14-35-21/h3-12,16,24,31H,2,13-15H2,1H3/b25-23-. The molecule has 1 amide bonds. The van der Waals surface area contributed by atoms with Gasteiger partial charge in [0.1, 0.15) is 25.0 Å². The Hall–Kier alpha value is -4.66. The van der Waals surface area contributed by atoms with E-state index in [4.69, 9.17) is 14.2 Å². The Labute approximate surface area is 212 Å². The van der Waals surface area contributed by atoms with Crippen molar-refractivity contribution in [1.82, 2.24) is 4.98 Å². The van der Waals surface area contributed by atoms with Crippen molar-refractivity contribution in [3.05, 3.63) is 89.3 Å². The Morgan fingerprint density at radius 3 is 2.46 bits per heavy atom. The summed E-state index contributed by atoms with van der Waals surface area (Å²) in [6, 6.07) is 15.1. The van der Waals surface area contributed by atoms with E-state index in [1.165, 1.54) is 17.0 Å². The number of benzene rings is 2. The SMILES string of the molecule is CCCOC(=O)c1ccc(N2C(=O)C(=O)/C(=C(\O)c3ccc4c(c3)OCCO4)C2c2ccccn2)cc1. The van der Waals surface area contributed by atoms with Crippen LogP contribution in [0.15, 0.2) is 72.4 Å². The number of rotatable bonds is 6. The Balaban J connectivity index is 1.58. The number of fused-ring (bicyclic) bond motifs is 1. The van der Waals surface area contributed by atoms with Gasteiger partial charge in [-0.1, -0.05) is 13.0 Å². The molecular weight excluding hydrogens is 476 g/mol. The van der Waals surface area contributed by atoms with Crippen LogP contribution in [0.3, 0.4) is 0 Å². The summed E-state index contributed by atoms with van der Waals surface area (Å²) in [5.41, 5.74) is 1.28. The van der Waals surface area contributed by atoms with E-state index in [0.29, 0.717) is 60.2 Å². The van der Waals surface area contributed by atoms with Crippen LogP contribution in [0.1, 0.15) is 41.0 Å². The quantitative estimate of drug-likeness (QED) is 0.233. The van der Waals surface area contributed by atoms with Crippen LogP contribution in [-0.2, 0) is 14.3 Å². The molecule has 0 radical (unpaired) electrons. The normalized spacial score (nSPS) is 18.1. The largest absolute Gasteiger partial charge is 0.507 e. The zero-order chi connectivity index (χ0) is 25.9. The van der Waals surface area contributed by atoms with Gasteiger partial charge in [-0.05, 0) is 61.0 Å². The number of ketones is 1. The summed E-state index contributed by atoms with van der Waals surface area (Å²) >= 11 is 0. The number of amides is 1. The number of carbonyl (C=O) groups is 3. The number of pyridine rings is 1. The number of aromatic nitrogens is 1. The number of aliphatic hydroxyl groups is 1. The van der Waals surface area contributed by atoms with Crippen LogP contribution in [0.25, 0.3) is 5.76 Å². The monoisotopic (exact) mass is 500 g/mol. The maximum absolute atomic E-state index is 13.3. The molecule has 0 bridgehead atoms. The highest BCUT2D eigenvalue weighted by Crippen LogP contribution is 2.42. The second-order valence-electron chi connectivity index (χ2n) is 8.46. The minimum absolute atomic E-state index is 0.105. The molecule has 1 saturated heterocycles. The molecule has 0 saturated carbocycles. The minimum atomic E-state index is -0.993. The van der Waals surface area contributed by atoms with Crippen LogP contribution >= 0.6 is 0 Å². The highest BCUT2D eigenvalue weighted by atomic mass is 16.6. The zero-order valence-corrected chi connectivity index (χ0v) is 20.0. The molecule has 3 heterocycles. The Bertz CT molecular complexity index is 1380. The number of aliphatic hydroxyl groups excluding tert-OH is 1.